The first-order valence-electron chi connectivity index (χ1n) is 13.1. The number of hydrogen-bond acceptors (Lipinski definition) is 7. The van der Waals surface area contributed by atoms with Gasteiger partial charge >= 0.3 is 17.9 Å². The largest absolute Gasteiger partial charge is 0.481 e. The Morgan fingerprint density at radius 1 is 0.946 bits per heavy atom. The van der Waals surface area contributed by atoms with Crippen molar-refractivity contribution in [1.29, 1.82) is 0 Å². The number of nitrogens with zero attached hydrogens (tertiary/aromatic N) is 2. The topological polar surface area (TPSA) is 119 Å². The van der Waals surface area contributed by atoms with Crippen LogP contribution in [0, 0.1) is 11.3 Å². The van der Waals surface area contributed by atoms with Gasteiger partial charge in [0.2, 0.25) is 5.91 Å². The summed E-state index contributed by atoms with van der Waals surface area (Å²) < 4.78 is 12.0. The summed E-state index contributed by atoms with van der Waals surface area (Å²) >= 11 is 4.08. The van der Waals surface area contributed by atoms with Crippen LogP contribution in [0.4, 0.5) is 0 Å². The van der Waals surface area contributed by atoms with Gasteiger partial charge in [-0.1, -0.05) is 13.8 Å². The summed E-state index contributed by atoms with van der Waals surface area (Å²) in [5, 5.41) is 11.7. The minimum atomic E-state index is -0.846. The fraction of sp³-hybridized carbons (Fsp3) is 0.846. The minimum Gasteiger partial charge on any atom is -0.481 e. The lowest BCUT2D eigenvalue weighted by Gasteiger charge is -2.31. The first kappa shape index (κ1) is 35.2. The van der Waals surface area contributed by atoms with Crippen molar-refractivity contribution < 1.29 is 42.7 Å². The molecule has 0 aliphatic rings. The molecule has 1 amide bonds. The van der Waals surface area contributed by atoms with E-state index in [1.807, 2.05) is 42.0 Å². The summed E-state index contributed by atoms with van der Waals surface area (Å²) in [6.45, 7) is 8.82. The van der Waals surface area contributed by atoms with E-state index in [2.05, 4.69) is 17.9 Å². The van der Waals surface area contributed by atoms with Gasteiger partial charge in [-0.25, -0.2) is 0 Å². The summed E-state index contributed by atoms with van der Waals surface area (Å²) in [4.78, 5) is 47.9. The molecule has 37 heavy (non-hydrogen) atoms. The molecule has 2 N–H and O–H groups in total. The average Bonchev–Trinajstić information content (AvgIpc) is 2.82. The van der Waals surface area contributed by atoms with Crippen LogP contribution in [0.15, 0.2) is 0 Å². The number of rotatable bonds is 20. The molecule has 0 radical (unpaired) electrons. The Bertz CT molecular complexity index is 746. The van der Waals surface area contributed by atoms with Gasteiger partial charge in [0.1, 0.15) is 26.3 Å². The van der Waals surface area contributed by atoms with Gasteiger partial charge in [-0.3, -0.25) is 19.2 Å². The van der Waals surface area contributed by atoms with Crippen LogP contribution in [0.2, 0.25) is 0 Å². The molecule has 0 aromatic carbocycles. The molecule has 0 aliphatic heterocycles. The highest BCUT2D eigenvalue weighted by Crippen LogP contribution is 2.31. The highest BCUT2D eigenvalue weighted by atomic mass is 32.1. The number of quaternary nitrogens is 2. The van der Waals surface area contributed by atoms with Gasteiger partial charge in [0.05, 0.1) is 65.5 Å². The monoisotopic (exact) mass is 549 g/mol. The molecule has 0 saturated heterocycles. The molecule has 0 rings (SSSR count). The SMILES string of the molecule is CCC(C)(CCC(C)C(=O)OCC[N+](C)(C)CCC(=O)NCCS)C(=O)OCC[N+](C)(C)CCC(=O)O. The zero-order valence-corrected chi connectivity index (χ0v) is 24.9. The zero-order chi connectivity index (χ0) is 28.7. The van der Waals surface area contributed by atoms with Crippen molar-refractivity contribution >= 4 is 36.4 Å². The third kappa shape index (κ3) is 15.9. The number of carbonyl (C=O) groups excluding carboxylic acids is 3. The van der Waals surface area contributed by atoms with Crippen LogP contribution < -0.4 is 5.32 Å². The molecule has 0 fully saturated rings. The van der Waals surface area contributed by atoms with E-state index in [1.165, 1.54) is 0 Å². The molecule has 0 heterocycles. The third-order valence-electron chi connectivity index (χ3n) is 6.98. The van der Waals surface area contributed by atoms with Gasteiger partial charge in [0.25, 0.3) is 0 Å². The van der Waals surface area contributed by atoms with Crippen molar-refractivity contribution in [1.82, 2.24) is 5.32 Å². The molecule has 0 aromatic heterocycles. The van der Waals surface area contributed by atoms with Crippen LogP contribution in [0.5, 0.6) is 0 Å². The van der Waals surface area contributed by atoms with Crippen molar-refractivity contribution in [2.24, 2.45) is 11.3 Å². The predicted octanol–water partition coefficient (Wildman–Crippen LogP) is 1.97. The van der Waals surface area contributed by atoms with Gasteiger partial charge in [-0.15, -0.1) is 0 Å². The van der Waals surface area contributed by atoms with E-state index in [4.69, 9.17) is 14.6 Å². The Morgan fingerprint density at radius 2 is 1.49 bits per heavy atom. The summed E-state index contributed by atoms with van der Waals surface area (Å²) in [7, 11) is 7.80. The fourth-order valence-electron chi connectivity index (χ4n) is 3.48. The van der Waals surface area contributed by atoms with Crippen LogP contribution in [-0.2, 0) is 28.7 Å². The van der Waals surface area contributed by atoms with E-state index >= 15 is 0 Å². The number of esters is 2. The average molecular weight is 550 g/mol. The Kier molecular flexibility index (Phi) is 16.0. The first-order valence-corrected chi connectivity index (χ1v) is 13.8. The van der Waals surface area contributed by atoms with Crippen LogP contribution in [0.3, 0.4) is 0 Å². The number of amides is 1. The van der Waals surface area contributed by atoms with Crippen molar-refractivity contribution in [2.45, 2.75) is 52.9 Å². The molecule has 11 heteroatoms. The van der Waals surface area contributed by atoms with Crippen molar-refractivity contribution in [3.63, 3.8) is 0 Å². The highest BCUT2D eigenvalue weighted by molar-refractivity contribution is 7.80. The Balaban J connectivity index is 4.50. The molecule has 0 bridgehead atoms. The number of carbonyl (C=O) groups is 4. The lowest BCUT2D eigenvalue weighted by molar-refractivity contribution is -0.889. The zero-order valence-electron chi connectivity index (χ0n) is 24.0. The van der Waals surface area contributed by atoms with Crippen molar-refractivity contribution in [3.05, 3.63) is 0 Å². The van der Waals surface area contributed by atoms with E-state index in [9.17, 15) is 19.2 Å². The number of carboxylic acid groups (broad SMARTS) is 1. The van der Waals surface area contributed by atoms with Crippen LogP contribution in [0.1, 0.15) is 52.9 Å². The number of hydrogen-bond donors (Lipinski definition) is 3. The normalized spacial score (nSPS) is 14.4. The second-order valence-corrected chi connectivity index (χ2v) is 11.8. The number of ether oxygens (including phenoxy) is 2. The predicted molar refractivity (Wildman–Crippen MR) is 146 cm³/mol. The van der Waals surface area contributed by atoms with E-state index < -0.39 is 11.4 Å². The second kappa shape index (κ2) is 16.9. The molecule has 216 valence electrons. The number of thiol groups is 1. The first-order chi connectivity index (χ1) is 17.1. The van der Waals surface area contributed by atoms with Crippen molar-refractivity contribution in [2.75, 3.05) is 79.9 Å². The molecule has 0 saturated carbocycles. The van der Waals surface area contributed by atoms with E-state index in [1.54, 1.807) is 6.92 Å². The van der Waals surface area contributed by atoms with Gasteiger partial charge in [0, 0.05) is 12.3 Å². The standard InChI is InChI=1S/C26H49N3O7S/c1-8-26(3,25(34)36-19-17-29(6,7)15-11-23(31)32)12-9-21(2)24(33)35-18-16-28(4,5)14-10-22(30)27-13-20-37/h21H,8-20H2,1-7H3,(H-2,27,30,31,32,37)/p+2. The summed E-state index contributed by atoms with van der Waals surface area (Å²) in [6.07, 6.45) is 2.04. The molecule has 2 atom stereocenters. The van der Waals surface area contributed by atoms with E-state index in [0.29, 0.717) is 73.1 Å². The van der Waals surface area contributed by atoms with Gasteiger partial charge in [-0.05, 0) is 26.2 Å². The summed E-state index contributed by atoms with van der Waals surface area (Å²) in [5.41, 5.74) is -0.709. The van der Waals surface area contributed by atoms with Crippen molar-refractivity contribution in [3.8, 4) is 0 Å². The summed E-state index contributed by atoms with van der Waals surface area (Å²) in [5.74, 6) is -1.20. The second-order valence-electron chi connectivity index (χ2n) is 11.4. The maximum atomic E-state index is 12.8. The number of nitrogens with one attached hydrogen (secondary N) is 1. The quantitative estimate of drug-likeness (QED) is 0.121. The smallest absolute Gasteiger partial charge is 0.311 e. The molecule has 0 aliphatic carbocycles. The Labute approximate surface area is 228 Å². The maximum absolute atomic E-state index is 12.8. The maximum Gasteiger partial charge on any atom is 0.311 e. The lowest BCUT2D eigenvalue weighted by atomic mass is 9.81. The molecule has 2 unspecified atom stereocenters. The molecule has 10 nitrogen and oxygen atoms in total. The van der Waals surface area contributed by atoms with Gasteiger partial charge < -0.3 is 28.9 Å². The molecular weight excluding hydrogens is 498 g/mol. The number of likely N-dealkylation sites (N-methyl/N-ethyl adjacent to an activating group) is 2. The van der Waals surface area contributed by atoms with Crippen LogP contribution in [0.25, 0.3) is 0 Å². The van der Waals surface area contributed by atoms with Crippen LogP contribution >= 0.6 is 12.6 Å². The van der Waals surface area contributed by atoms with E-state index in [-0.39, 0.29) is 43.4 Å². The van der Waals surface area contributed by atoms with Gasteiger partial charge in [-0.2, -0.15) is 12.6 Å². The number of aliphatic carboxylic acids is 1. The fourth-order valence-corrected chi connectivity index (χ4v) is 3.59. The number of carboxylic acids is 1. The van der Waals surface area contributed by atoms with Crippen LogP contribution in [-0.4, -0.2) is 118 Å². The van der Waals surface area contributed by atoms with Gasteiger partial charge in [0.15, 0.2) is 0 Å². The summed E-state index contributed by atoms with van der Waals surface area (Å²) in [6, 6.07) is 0. The van der Waals surface area contributed by atoms with E-state index in [0.717, 1.165) is 0 Å². The lowest BCUT2D eigenvalue weighted by Crippen LogP contribution is -2.45. The molecule has 0 spiro atoms. The third-order valence-corrected chi connectivity index (χ3v) is 7.21. The highest BCUT2D eigenvalue weighted by Gasteiger charge is 2.34. The Hall–Kier alpha value is -1.85. The molecular formula is C26H51N3O7S+2. The minimum absolute atomic E-state index is 0.00988. The Morgan fingerprint density at radius 3 is 2.00 bits per heavy atom. The molecule has 0 aromatic rings.